The van der Waals surface area contributed by atoms with Gasteiger partial charge in [-0.3, -0.25) is 4.79 Å². The van der Waals surface area contributed by atoms with Crippen LogP contribution in [0.5, 0.6) is 0 Å². The first-order valence-electron chi connectivity index (χ1n) is 7.79. The van der Waals surface area contributed by atoms with E-state index in [-0.39, 0.29) is 5.91 Å². The summed E-state index contributed by atoms with van der Waals surface area (Å²) in [5.74, 6) is 2.68. The molecule has 1 fully saturated rings. The molecule has 22 heavy (non-hydrogen) atoms. The number of fused-ring (bicyclic) bond motifs is 3. The summed E-state index contributed by atoms with van der Waals surface area (Å²) < 4.78 is 5.69. The Morgan fingerprint density at radius 1 is 1.23 bits per heavy atom. The first-order valence-corrected chi connectivity index (χ1v) is 7.79. The van der Waals surface area contributed by atoms with E-state index in [0.717, 1.165) is 42.3 Å². The van der Waals surface area contributed by atoms with Crippen molar-refractivity contribution < 1.29 is 9.21 Å². The van der Waals surface area contributed by atoms with Gasteiger partial charge in [0.25, 0.3) is 5.91 Å². The second kappa shape index (κ2) is 4.99. The fourth-order valence-corrected chi connectivity index (χ4v) is 3.78. The number of rotatable bonds is 1. The van der Waals surface area contributed by atoms with Crippen LogP contribution in [0.4, 0.5) is 0 Å². The maximum Gasteiger partial charge on any atom is 0.251 e. The van der Waals surface area contributed by atoms with Gasteiger partial charge >= 0.3 is 0 Å². The molecule has 0 bridgehead atoms. The lowest BCUT2D eigenvalue weighted by molar-refractivity contribution is 0.0951. The third kappa shape index (κ3) is 2.15. The Kier molecular flexibility index (Phi) is 3.08. The van der Waals surface area contributed by atoms with Gasteiger partial charge in [0.05, 0.1) is 0 Å². The van der Waals surface area contributed by atoms with Crippen LogP contribution in [0.25, 0.3) is 11.3 Å². The van der Waals surface area contributed by atoms with Gasteiger partial charge in [-0.15, -0.1) is 0 Å². The molecule has 2 aromatic rings. The maximum absolute atomic E-state index is 12.5. The summed E-state index contributed by atoms with van der Waals surface area (Å²) in [5, 5.41) is 3.08. The lowest BCUT2D eigenvalue weighted by atomic mass is 9.86. The number of hydrogen-bond donors (Lipinski definition) is 1. The first-order chi connectivity index (χ1) is 10.6. The van der Waals surface area contributed by atoms with Crippen molar-refractivity contribution in [3.63, 3.8) is 0 Å². The van der Waals surface area contributed by atoms with Crippen LogP contribution in [-0.4, -0.2) is 37.5 Å². The molecule has 114 valence electrons. The molecule has 4 rings (SSSR count). The van der Waals surface area contributed by atoms with Gasteiger partial charge in [0.1, 0.15) is 11.5 Å². The Morgan fingerprint density at radius 3 is 2.86 bits per heavy atom. The number of hydrogen-bond acceptors (Lipinski definition) is 3. The molecular weight excluding hydrogens is 276 g/mol. The molecule has 3 heterocycles. The Labute approximate surface area is 130 Å². The molecule has 1 saturated heterocycles. The lowest BCUT2D eigenvalue weighted by Crippen LogP contribution is -2.29. The Morgan fingerprint density at radius 2 is 2.09 bits per heavy atom. The Balaban J connectivity index is 1.79. The molecule has 0 saturated carbocycles. The van der Waals surface area contributed by atoms with E-state index in [1.54, 1.807) is 0 Å². The van der Waals surface area contributed by atoms with Gasteiger partial charge in [0.2, 0.25) is 0 Å². The SMILES string of the molecule is Cc1ccc(-c2ccc3c(c2)C(=O)NC[C@@H]2CN(C)C[C@@H]32)o1. The van der Waals surface area contributed by atoms with E-state index >= 15 is 0 Å². The molecule has 1 aromatic heterocycles. The summed E-state index contributed by atoms with van der Waals surface area (Å²) in [4.78, 5) is 14.8. The number of carbonyl (C=O) groups is 1. The van der Waals surface area contributed by atoms with Crippen LogP contribution in [0.15, 0.2) is 34.7 Å². The zero-order valence-corrected chi connectivity index (χ0v) is 12.9. The molecule has 4 heteroatoms. The van der Waals surface area contributed by atoms with Crippen LogP contribution in [0, 0.1) is 12.8 Å². The van der Waals surface area contributed by atoms with Crippen molar-refractivity contribution in [3.8, 4) is 11.3 Å². The lowest BCUT2D eigenvalue weighted by Gasteiger charge is -2.16. The highest BCUT2D eigenvalue weighted by Crippen LogP contribution is 2.37. The number of nitrogens with one attached hydrogen (secondary N) is 1. The van der Waals surface area contributed by atoms with Gasteiger partial charge in [-0.1, -0.05) is 12.1 Å². The third-order valence-electron chi connectivity index (χ3n) is 4.87. The summed E-state index contributed by atoms with van der Waals surface area (Å²) in [6.45, 7) is 4.76. The van der Waals surface area contributed by atoms with Gasteiger partial charge in [-0.05, 0) is 43.7 Å². The van der Waals surface area contributed by atoms with Gasteiger partial charge < -0.3 is 14.6 Å². The minimum atomic E-state index is 0.0391. The van der Waals surface area contributed by atoms with E-state index in [4.69, 9.17) is 4.42 Å². The van der Waals surface area contributed by atoms with Crippen LogP contribution in [0.2, 0.25) is 0 Å². The molecule has 0 radical (unpaired) electrons. The number of aryl methyl sites for hydroxylation is 1. The van der Waals surface area contributed by atoms with Crippen LogP contribution in [0.3, 0.4) is 0 Å². The summed E-state index contributed by atoms with van der Waals surface area (Å²) >= 11 is 0. The zero-order valence-electron chi connectivity index (χ0n) is 12.9. The number of amides is 1. The molecule has 1 N–H and O–H groups in total. The predicted octanol–water partition coefficient (Wildman–Crippen LogP) is 2.64. The Bertz CT molecular complexity index is 734. The molecule has 1 aromatic carbocycles. The highest BCUT2D eigenvalue weighted by molar-refractivity contribution is 5.97. The van der Waals surface area contributed by atoms with Gasteiger partial charge in [0, 0.05) is 36.7 Å². The quantitative estimate of drug-likeness (QED) is 0.880. The summed E-state index contributed by atoms with van der Waals surface area (Å²) in [6, 6.07) is 10.1. The molecule has 2 atom stereocenters. The van der Waals surface area contributed by atoms with Crippen molar-refractivity contribution in [1.29, 1.82) is 0 Å². The van der Waals surface area contributed by atoms with Crippen molar-refractivity contribution >= 4 is 5.91 Å². The molecule has 2 aliphatic heterocycles. The monoisotopic (exact) mass is 296 g/mol. The van der Waals surface area contributed by atoms with E-state index in [9.17, 15) is 4.79 Å². The molecule has 0 spiro atoms. The van der Waals surface area contributed by atoms with E-state index in [1.807, 2.05) is 25.1 Å². The number of likely N-dealkylation sites (N-methyl/N-ethyl adjacent to an activating group) is 1. The summed E-state index contributed by atoms with van der Waals surface area (Å²) in [6.07, 6.45) is 0. The highest BCUT2D eigenvalue weighted by atomic mass is 16.3. The molecule has 4 nitrogen and oxygen atoms in total. The van der Waals surface area contributed by atoms with Crippen molar-refractivity contribution in [2.45, 2.75) is 12.8 Å². The predicted molar refractivity (Wildman–Crippen MR) is 84.9 cm³/mol. The van der Waals surface area contributed by atoms with Gasteiger partial charge in [-0.2, -0.15) is 0 Å². The van der Waals surface area contributed by atoms with Crippen molar-refractivity contribution in [3.05, 3.63) is 47.2 Å². The normalized spacial score (nSPS) is 24.5. The van der Waals surface area contributed by atoms with E-state index in [0.29, 0.717) is 11.8 Å². The molecule has 1 amide bonds. The average molecular weight is 296 g/mol. The van der Waals surface area contributed by atoms with E-state index in [1.165, 1.54) is 5.56 Å². The second-order valence-corrected chi connectivity index (χ2v) is 6.51. The average Bonchev–Trinajstić information content (AvgIpc) is 3.07. The molecule has 2 aliphatic rings. The number of furan rings is 1. The minimum absolute atomic E-state index is 0.0391. The first kappa shape index (κ1) is 13.6. The van der Waals surface area contributed by atoms with Crippen LogP contribution in [0.1, 0.15) is 27.6 Å². The number of benzene rings is 1. The molecule has 0 unspecified atom stereocenters. The van der Waals surface area contributed by atoms with Crippen LogP contribution in [-0.2, 0) is 0 Å². The van der Waals surface area contributed by atoms with Crippen LogP contribution < -0.4 is 5.32 Å². The van der Waals surface area contributed by atoms with Gasteiger partial charge in [0.15, 0.2) is 0 Å². The highest BCUT2D eigenvalue weighted by Gasteiger charge is 2.36. The fraction of sp³-hybridized carbons (Fsp3) is 0.389. The number of carbonyl (C=O) groups excluding carboxylic acids is 1. The van der Waals surface area contributed by atoms with Gasteiger partial charge in [-0.25, -0.2) is 0 Å². The summed E-state index contributed by atoms with van der Waals surface area (Å²) in [7, 11) is 2.15. The van der Waals surface area contributed by atoms with Crippen LogP contribution >= 0.6 is 0 Å². The standard InChI is InChI=1S/C18H20N2O2/c1-11-3-6-17(22-11)12-4-5-14-15(7-12)18(21)19-8-13-9-20(2)10-16(13)14/h3-7,13,16H,8-10H2,1-2H3,(H,19,21)/t13-,16-/m1/s1. The number of nitrogens with zero attached hydrogens (tertiary/aromatic N) is 1. The Hall–Kier alpha value is -2.07. The minimum Gasteiger partial charge on any atom is -0.461 e. The topological polar surface area (TPSA) is 45.5 Å². The largest absolute Gasteiger partial charge is 0.461 e. The smallest absolute Gasteiger partial charge is 0.251 e. The number of likely N-dealkylation sites (tertiary alicyclic amines) is 1. The van der Waals surface area contributed by atoms with E-state index < -0.39 is 0 Å². The van der Waals surface area contributed by atoms with Crippen molar-refractivity contribution in [2.24, 2.45) is 5.92 Å². The second-order valence-electron chi connectivity index (χ2n) is 6.51. The van der Waals surface area contributed by atoms with E-state index in [2.05, 4.69) is 29.4 Å². The van der Waals surface area contributed by atoms with Crippen molar-refractivity contribution in [1.82, 2.24) is 10.2 Å². The summed E-state index contributed by atoms with van der Waals surface area (Å²) in [5.41, 5.74) is 2.94. The van der Waals surface area contributed by atoms with Crippen molar-refractivity contribution in [2.75, 3.05) is 26.7 Å². The molecule has 0 aliphatic carbocycles. The third-order valence-corrected chi connectivity index (χ3v) is 4.87. The fourth-order valence-electron chi connectivity index (χ4n) is 3.78. The molecular formula is C18H20N2O2. The maximum atomic E-state index is 12.5. The zero-order chi connectivity index (χ0) is 15.3.